The molecule has 0 saturated carbocycles. The minimum atomic E-state index is -0.930. The summed E-state index contributed by atoms with van der Waals surface area (Å²) in [7, 11) is 0. The van der Waals surface area contributed by atoms with Crippen molar-refractivity contribution < 1.29 is 13.9 Å². The average molecular weight is 214 g/mol. The lowest BCUT2D eigenvalue weighted by Crippen LogP contribution is -2.34. The van der Waals surface area contributed by atoms with Gasteiger partial charge < -0.3 is 10.4 Å². The monoisotopic (exact) mass is 214 g/mol. The first-order valence-electron chi connectivity index (χ1n) is 4.83. The topological polar surface area (TPSA) is 45.2 Å². The molecule has 1 aromatic heterocycles. The van der Waals surface area contributed by atoms with Crippen LogP contribution in [0.25, 0.3) is 0 Å². The van der Waals surface area contributed by atoms with Crippen LogP contribution in [0.2, 0.25) is 0 Å². The zero-order valence-corrected chi connectivity index (χ0v) is 8.13. The molecule has 1 aromatic rings. The molecular weight excluding hydrogens is 202 g/mol. The van der Waals surface area contributed by atoms with Crippen LogP contribution in [-0.2, 0) is 6.42 Å². The van der Waals surface area contributed by atoms with E-state index in [4.69, 9.17) is 0 Å². The highest BCUT2D eigenvalue weighted by molar-refractivity contribution is 5.15. The summed E-state index contributed by atoms with van der Waals surface area (Å²) in [6.07, 6.45) is 0.739. The van der Waals surface area contributed by atoms with Crippen LogP contribution < -0.4 is 5.32 Å². The number of β-amino-alcohol motifs (C(OH)–C–C–N with tert-alkyl or cyclic N) is 1. The quantitative estimate of drug-likeness (QED) is 0.710. The van der Waals surface area contributed by atoms with Gasteiger partial charge in [-0.05, 0) is 25.1 Å². The van der Waals surface area contributed by atoms with Gasteiger partial charge in [-0.1, -0.05) is 0 Å². The fourth-order valence-electron chi connectivity index (χ4n) is 1.81. The van der Waals surface area contributed by atoms with Crippen molar-refractivity contribution in [1.29, 1.82) is 0 Å². The van der Waals surface area contributed by atoms with Gasteiger partial charge in [-0.15, -0.1) is 0 Å². The predicted molar refractivity (Wildman–Crippen MR) is 50.3 cm³/mol. The maximum Gasteiger partial charge on any atom is 0.218 e. The molecule has 0 radical (unpaired) electrons. The zero-order valence-electron chi connectivity index (χ0n) is 8.13. The Labute approximate surface area is 86.1 Å². The number of halogens is 2. The summed E-state index contributed by atoms with van der Waals surface area (Å²) in [5.41, 5.74) is -0.678. The second kappa shape index (κ2) is 3.83. The minimum Gasteiger partial charge on any atom is -0.388 e. The minimum absolute atomic E-state index is 0.166. The highest BCUT2D eigenvalue weighted by Crippen LogP contribution is 2.21. The van der Waals surface area contributed by atoms with Crippen molar-refractivity contribution in [3.8, 4) is 0 Å². The van der Waals surface area contributed by atoms with Gasteiger partial charge in [0.15, 0.2) is 0 Å². The second-order valence-electron chi connectivity index (χ2n) is 3.91. The Morgan fingerprint density at radius 1 is 1.47 bits per heavy atom. The Bertz CT molecular complexity index is 364. The van der Waals surface area contributed by atoms with E-state index in [9.17, 15) is 13.9 Å². The third-order valence-electron chi connectivity index (χ3n) is 2.63. The van der Waals surface area contributed by atoms with Crippen molar-refractivity contribution in [2.45, 2.75) is 18.4 Å². The highest BCUT2D eigenvalue weighted by Gasteiger charge is 2.32. The van der Waals surface area contributed by atoms with Gasteiger partial charge in [-0.2, -0.15) is 13.8 Å². The van der Waals surface area contributed by atoms with Crippen LogP contribution >= 0.6 is 0 Å². The van der Waals surface area contributed by atoms with E-state index in [1.165, 1.54) is 6.07 Å². The third kappa shape index (κ3) is 2.30. The number of nitrogens with zero attached hydrogens (tertiary/aromatic N) is 1. The van der Waals surface area contributed by atoms with Gasteiger partial charge in [-0.25, -0.2) is 0 Å². The van der Waals surface area contributed by atoms with Crippen molar-refractivity contribution in [2.75, 3.05) is 13.1 Å². The normalized spacial score (nSPS) is 25.8. The molecule has 1 aliphatic heterocycles. The lowest BCUT2D eigenvalue weighted by molar-refractivity contribution is 0.0607. The number of aliphatic hydroxyl groups is 1. The smallest absolute Gasteiger partial charge is 0.218 e. The standard InChI is InChI=1S/C10H12F2N2O/c11-8-2-1-7(9(12)14-8)5-10(15)3-4-13-6-10/h1-2,13,15H,3-6H2. The summed E-state index contributed by atoms with van der Waals surface area (Å²) in [4.78, 5) is 3.08. The van der Waals surface area contributed by atoms with Gasteiger partial charge in [0, 0.05) is 18.5 Å². The van der Waals surface area contributed by atoms with Crippen molar-refractivity contribution >= 4 is 0 Å². The van der Waals surface area contributed by atoms with E-state index in [0.29, 0.717) is 19.5 Å². The lowest BCUT2D eigenvalue weighted by Gasteiger charge is -2.20. The fraction of sp³-hybridized carbons (Fsp3) is 0.500. The number of rotatable bonds is 2. The van der Waals surface area contributed by atoms with Crippen molar-refractivity contribution in [1.82, 2.24) is 10.3 Å². The average Bonchev–Trinajstić information content (AvgIpc) is 2.58. The molecule has 5 heteroatoms. The molecule has 82 valence electrons. The number of pyridine rings is 1. The van der Waals surface area contributed by atoms with Gasteiger partial charge in [-0.3, -0.25) is 0 Å². The summed E-state index contributed by atoms with van der Waals surface area (Å²) < 4.78 is 25.7. The molecule has 2 N–H and O–H groups in total. The number of nitrogens with one attached hydrogen (secondary N) is 1. The molecule has 0 aromatic carbocycles. The summed E-state index contributed by atoms with van der Waals surface area (Å²) in [5, 5.41) is 13.0. The van der Waals surface area contributed by atoms with Crippen LogP contribution in [0.5, 0.6) is 0 Å². The number of hydrogen-bond donors (Lipinski definition) is 2. The van der Waals surface area contributed by atoms with Crippen LogP contribution in [0.15, 0.2) is 12.1 Å². The van der Waals surface area contributed by atoms with Gasteiger partial charge >= 0.3 is 0 Å². The molecule has 1 unspecified atom stereocenters. The SMILES string of the molecule is OC1(Cc2ccc(F)nc2F)CCNC1. The molecule has 2 heterocycles. The van der Waals surface area contributed by atoms with Crippen LogP contribution in [-0.4, -0.2) is 28.8 Å². The van der Waals surface area contributed by atoms with Gasteiger partial charge in [0.1, 0.15) is 0 Å². The molecule has 0 amide bonds. The molecule has 0 aliphatic carbocycles. The molecule has 1 fully saturated rings. The molecule has 2 rings (SSSR count). The molecule has 3 nitrogen and oxygen atoms in total. The molecule has 0 bridgehead atoms. The molecular formula is C10H12F2N2O. The third-order valence-corrected chi connectivity index (χ3v) is 2.63. The Kier molecular flexibility index (Phi) is 2.67. The fourth-order valence-corrected chi connectivity index (χ4v) is 1.81. The molecule has 0 spiro atoms. The summed E-state index contributed by atoms with van der Waals surface area (Å²) in [6.45, 7) is 1.15. The first kappa shape index (κ1) is 10.4. The van der Waals surface area contributed by atoms with Crippen LogP contribution in [0.1, 0.15) is 12.0 Å². The van der Waals surface area contributed by atoms with E-state index in [1.54, 1.807) is 0 Å². The van der Waals surface area contributed by atoms with E-state index in [-0.39, 0.29) is 12.0 Å². The number of hydrogen-bond acceptors (Lipinski definition) is 3. The zero-order chi connectivity index (χ0) is 10.9. The van der Waals surface area contributed by atoms with Crippen LogP contribution in [0.4, 0.5) is 8.78 Å². The van der Waals surface area contributed by atoms with Crippen LogP contribution in [0, 0.1) is 11.9 Å². The first-order chi connectivity index (χ1) is 7.09. The van der Waals surface area contributed by atoms with Crippen molar-refractivity contribution in [3.63, 3.8) is 0 Å². The molecule has 1 aliphatic rings. The lowest BCUT2D eigenvalue weighted by atomic mass is 9.94. The van der Waals surface area contributed by atoms with E-state index in [0.717, 1.165) is 6.07 Å². The predicted octanol–water partition coefficient (Wildman–Crippen LogP) is 0.627. The Morgan fingerprint density at radius 3 is 2.87 bits per heavy atom. The molecule has 1 atom stereocenters. The summed E-state index contributed by atoms with van der Waals surface area (Å²) >= 11 is 0. The summed E-state index contributed by atoms with van der Waals surface area (Å²) in [5.74, 6) is -1.68. The highest BCUT2D eigenvalue weighted by atomic mass is 19.1. The van der Waals surface area contributed by atoms with E-state index < -0.39 is 17.5 Å². The van der Waals surface area contributed by atoms with Crippen molar-refractivity contribution in [2.24, 2.45) is 0 Å². The molecule has 1 saturated heterocycles. The van der Waals surface area contributed by atoms with E-state index in [1.807, 2.05) is 0 Å². The van der Waals surface area contributed by atoms with Crippen LogP contribution in [0.3, 0.4) is 0 Å². The van der Waals surface area contributed by atoms with E-state index >= 15 is 0 Å². The maximum absolute atomic E-state index is 13.2. The summed E-state index contributed by atoms with van der Waals surface area (Å²) in [6, 6.07) is 2.43. The largest absolute Gasteiger partial charge is 0.388 e. The van der Waals surface area contributed by atoms with Crippen molar-refractivity contribution in [3.05, 3.63) is 29.6 Å². The van der Waals surface area contributed by atoms with Gasteiger partial charge in [0.05, 0.1) is 5.60 Å². The van der Waals surface area contributed by atoms with Gasteiger partial charge in [0.25, 0.3) is 0 Å². The van der Waals surface area contributed by atoms with E-state index in [2.05, 4.69) is 10.3 Å². The van der Waals surface area contributed by atoms with Gasteiger partial charge in [0.2, 0.25) is 11.9 Å². The molecule has 15 heavy (non-hydrogen) atoms. The Balaban J connectivity index is 2.16. The second-order valence-corrected chi connectivity index (χ2v) is 3.91. The first-order valence-corrected chi connectivity index (χ1v) is 4.83. The maximum atomic E-state index is 13.2. The number of aromatic nitrogens is 1. The Morgan fingerprint density at radius 2 is 2.27 bits per heavy atom. The Hall–Kier alpha value is -1.07.